The number of imidazole rings is 1. The lowest BCUT2D eigenvalue weighted by molar-refractivity contribution is 0.247. The van der Waals surface area contributed by atoms with Crippen molar-refractivity contribution in [2.75, 3.05) is 11.9 Å². The highest BCUT2D eigenvalue weighted by Crippen LogP contribution is 2.26. The Morgan fingerprint density at radius 2 is 2.32 bits per heavy atom. The van der Waals surface area contributed by atoms with Crippen LogP contribution in [0.4, 0.5) is 0 Å². The van der Waals surface area contributed by atoms with E-state index in [1.54, 1.807) is 4.31 Å². The van der Waals surface area contributed by atoms with Gasteiger partial charge in [0.2, 0.25) is 0 Å². The van der Waals surface area contributed by atoms with Gasteiger partial charge in [-0.15, -0.1) is 0 Å². The van der Waals surface area contributed by atoms with Crippen LogP contribution in [0.1, 0.15) is 38.4 Å². The molecule has 19 heavy (non-hydrogen) atoms. The maximum atomic E-state index is 12.6. The summed E-state index contributed by atoms with van der Waals surface area (Å²) in [6, 6.07) is 0.103. The minimum atomic E-state index is -3.43. The van der Waals surface area contributed by atoms with E-state index in [2.05, 4.69) is 25.9 Å². The van der Waals surface area contributed by atoms with Crippen LogP contribution in [0.25, 0.3) is 0 Å². The number of aryl methyl sites for hydroxylation is 1. The van der Waals surface area contributed by atoms with Crippen LogP contribution in [-0.4, -0.2) is 40.6 Å². The molecule has 0 spiro atoms. The van der Waals surface area contributed by atoms with Crippen molar-refractivity contribution in [3.05, 3.63) is 12.0 Å². The SMILES string of the molecule is CCc1ncc(S(=O)(=O)N2CCCCC2CCBr)[nH]1. The van der Waals surface area contributed by atoms with Gasteiger partial charge in [-0.25, -0.2) is 13.4 Å². The number of hydrogen-bond acceptors (Lipinski definition) is 3. The van der Waals surface area contributed by atoms with Gasteiger partial charge in [-0.1, -0.05) is 29.3 Å². The minimum Gasteiger partial charge on any atom is -0.332 e. The lowest BCUT2D eigenvalue weighted by atomic mass is 10.0. The number of piperidine rings is 1. The molecule has 1 aliphatic heterocycles. The van der Waals surface area contributed by atoms with E-state index >= 15 is 0 Å². The molecule has 1 N–H and O–H groups in total. The molecule has 0 bridgehead atoms. The van der Waals surface area contributed by atoms with E-state index in [-0.39, 0.29) is 11.1 Å². The normalized spacial score (nSPS) is 21.7. The number of alkyl halides is 1. The number of aromatic nitrogens is 2. The molecule has 1 unspecified atom stereocenters. The molecule has 1 aromatic rings. The van der Waals surface area contributed by atoms with Gasteiger partial charge in [0.1, 0.15) is 5.82 Å². The predicted molar refractivity (Wildman–Crippen MR) is 77.9 cm³/mol. The van der Waals surface area contributed by atoms with E-state index in [9.17, 15) is 8.42 Å². The van der Waals surface area contributed by atoms with Crippen LogP contribution in [0.2, 0.25) is 0 Å². The topological polar surface area (TPSA) is 66.1 Å². The van der Waals surface area contributed by atoms with Gasteiger partial charge in [0.05, 0.1) is 6.20 Å². The molecular weight excluding hydrogens is 330 g/mol. The second-order valence-corrected chi connectivity index (χ2v) is 7.44. The Morgan fingerprint density at radius 3 is 2.95 bits per heavy atom. The fourth-order valence-corrected chi connectivity index (χ4v) is 4.67. The van der Waals surface area contributed by atoms with E-state index < -0.39 is 10.0 Å². The molecule has 1 saturated heterocycles. The van der Waals surface area contributed by atoms with Crippen molar-refractivity contribution in [1.29, 1.82) is 0 Å². The van der Waals surface area contributed by atoms with E-state index in [4.69, 9.17) is 0 Å². The first-order valence-electron chi connectivity index (χ1n) is 6.71. The average molecular weight is 350 g/mol. The second kappa shape index (κ2) is 6.37. The first kappa shape index (κ1) is 15.0. The number of nitrogens with one attached hydrogen (secondary N) is 1. The highest BCUT2D eigenvalue weighted by Gasteiger charge is 2.34. The summed E-state index contributed by atoms with van der Waals surface area (Å²) in [4.78, 5) is 7.01. The smallest absolute Gasteiger partial charge is 0.260 e. The molecular formula is C12H20BrN3O2S. The molecule has 1 fully saturated rings. The summed E-state index contributed by atoms with van der Waals surface area (Å²) in [6.45, 7) is 2.56. The molecule has 2 heterocycles. The van der Waals surface area contributed by atoms with E-state index in [0.29, 0.717) is 18.8 Å². The minimum absolute atomic E-state index is 0.103. The summed E-state index contributed by atoms with van der Waals surface area (Å²) in [7, 11) is -3.43. The highest BCUT2D eigenvalue weighted by molar-refractivity contribution is 9.09. The molecule has 0 aliphatic carbocycles. The monoisotopic (exact) mass is 349 g/mol. The first-order valence-corrected chi connectivity index (χ1v) is 9.27. The Bertz CT molecular complexity index is 513. The Labute approximate surface area is 123 Å². The number of rotatable bonds is 5. The average Bonchev–Trinajstić information content (AvgIpc) is 2.89. The van der Waals surface area contributed by atoms with Crippen molar-refractivity contribution >= 4 is 26.0 Å². The molecule has 7 heteroatoms. The zero-order chi connectivity index (χ0) is 13.9. The highest BCUT2D eigenvalue weighted by atomic mass is 79.9. The number of sulfonamides is 1. The van der Waals surface area contributed by atoms with Crippen LogP contribution in [0.5, 0.6) is 0 Å². The number of aromatic amines is 1. The Hall–Kier alpha value is -0.400. The van der Waals surface area contributed by atoms with Gasteiger partial charge in [0, 0.05) is 24.3 Å². The summed E-state index contributed by atoms with van der Waals surface area (Å²) in [5.41, 5.74) is 0. The summed E-state index contributed by atoms with van der Waals surface area (Å²) < 4.78 is 26.9. The van der Waals surface area contributed by atoms with Crippen LogP contribution in [0.3, 0.4) is 0 Å². The molecule has 5 nitrogen and oxygen atoms in total. The first-order chi connectivity index (χ1) is 9.09. The third-order valence-corrected chi connectivity index (χ3v) is 5.86. The van der Waals surface area contributed by atoms with Gasteiger partial charge in [-0.2, -0.15) is 4.31 Å². The van der Waals surface area contributed by atoms with Gasteiger partial charge in [-0.3, -0.25) is 0 Å². The summed E-state index contributed by atoms with van der Waals surface area (Å²) in [5, 5.41) is 1.05. The summed E-state index contributed by atoms with van der Waals surface area (Å²) >= 11 is 3.41. The number of nitrogens with zero attached hydrogens (tertiary/aromatic N) is 2. The van der Waals surface area contributed by atoms with Crippen LogP contribution in [0, 0.1) is 0 Å². The zero-order valence-corrected chi connectivity index (χ0v) is 13.5. The lowest BCUT2D eigenvalue weighted by Crippen LogP contribution is -2.43. The maximum absolute atomic E-state index is 12.6. The van der Waals surface area contributed by atoms with Crippen LogP contribution in [-0.2, 0) is 16.4 Å². The van der Waals surface area contributed by atoms with Crippen molar-refractivity contribution in [2.24, 2.45) is 0 Å². The Balaban J connectivity index is 2.25. The van der Waals surface area contributed by atoms with Crippen LogP contribution >= 0.6 is 15.9 Å². The van der Waals surface area contributed by atoms with Gasteiger partial charge in [0.15, 0.2) is 5.03 Å². The second-order valence-electron chi connectivity index (χ2n) is 4.79. The van der Waals surface area contributed by atoms with Gasteiger partial charge in [-0.05, 0) is 19.3 Å². The molecule has 2 rings (SSSR count). The van der Waals surface area contributed by atoms with Crippen LogP contribution < -0.4 is 0 Å². The number of halogens is 1. The molecule has 0 aromatic carbocycles. The van der Waals surface area contributed by atoms with Gasteiger partial charge in [0.25, 0.3) is 10.0 Å². The largest absolute Gasteiger partial charge is 0.332 e. The van der Waals surface area contributed by atoms with Gasteiger partial charge < -0.3 is 4.98 Å². The van der Waals surface area contributed by atoms with Crippen molar-refractivity contribution < 1.29 is 8.42 Å². The number of H-pyrrole nitrogens is 1. The molecule has 0 amide bonds. The maximum Gasteiger partial charge on any atom is 0.260 e. The molecule has 1 aliphatic rings. The summed E-state index contributed by atoms with van der Waals surface area (Å²) in [6.07, 6.45) is 5.99. The van der Waals surface area contributed by atoms with Gasteiger partial charge >= 0.3 is 0 Å². The fourth-order valence-electron chi connectivity index (χ4n) is 2.49. The lowest BCUT2D eigenvalue weighted by Gasteiger charge is -2.33. The molecule has 0 saturated carbocycles. The third-order valence-electron chi connectivity index (χ3n) is 3.54. The van der Waals surface area contributed by atoms with E-state index in [0.717, 1.165) is 31.0 Å². The Morgan fingerprint density at radius 1 is 1.53 bits per heavy atom. The van der Waals surface area contributed by atoms with Crippen molar-refractivity contribution in [1.82, 2.24) is 14.3 Å². The zero-order valence-electron chi connectivity index (χ0n) is 11.1. The van der Waals surface area contributed by atoms with Crippen molar-refractivity contribution in [2.45, 2.75) is 50.1 Å². The van der Waals surface area contributed by atoms with Crippen LogP contribution in [0.15, 0.2) is 11.2 Å². The molecule has 1 aromatic heterocycles. The standard InChI is InChI=1S/C12H20BrN3O2S/c1-2-11-14-9-12(15-11)19(17,18)16-8-4-3-5-10(16)6-7-13/h9-10H,2-8H2,1H3,(H,14,15). The fraction of sp³-hybridized carbons (Fsp3) is 0.750. The predicted octanol–water partition coefficient (Wildman–Crippen LogP) is 2.30. The third kappa shape index (κ3) is 3.20. The molecule has 0 radical (unpaired) electrons. The Kier molecular flexibility index (Phi) is 5.03. The van der Waals surface area contributed by atoms with E-state index in [1.807, 2.05) is 6.92 Å². The quantitative estimate of drug-likeness (QED) is 0.829. The van der Waals surface area contributed by atoms with Crippen molar-refractivity contribution in [3.8, 4) is 0 Å². The molecule has 1 atom stereocenters. The summed E-state index contributed by atoms with van der Waals surface area (Å²) in [5.74, 6) is 0.715. The molecule has 108 valence electrons. The number of hydrogen-bond donors (Lipinski definition) is 1. The van der Waals surface area contributed by atoms with E-state index in [1.165, 1.54) is 6.20 Å². The van der Waals surface area contributed by atoms with Crippen molar-refractivity contribution in [3.63, 3.8) is 0 Å².